The summed E-state index contributed by atoms with van der Waals surface area (Å²) < 4.78 is 7.30. The first-order valence-electron chi connectivity index (χ1n) is 11.6. The molecule has 162 valence electrons. The van der Waals surface area contributed by atoms with Gasteiger partial charge in [0.2, 0.25) is 0 Å². The third kappa shape index (κ3) is 2.92. The molecular weight excluding hydrogens is 400 g/mol. The summed E-state index contributed by atoms with van der Waals surface area (Å²) in [5.41, 5.74) is 5.09. The number of piperidine rings is 1. The van der Waals surface area contributed by atoms with Crippen LogP contribution in [0, 0.1) is 0 Å². The van der Waals surface area contributed by atoms with E-state index < -0.39 is 0 Å². The highest BCUT2D eigenvalue weighted by atomic mass is 16.5. The fourth-order valence-electron chi connectivity index (χ4n) is 6.03. The lowest BCUT2D eigenvalue weighted by molar-refractivity contribution is -0.0928. The Labute approximate surface area is 186 Å². The Kier molecular flexibility index (Phi) is 4.20. The average molecular weight is 427 g/mol. The topological polar surface area (TPSA) is 71.9 Å². The van der Waals surface area contributed by atoms with Crippen LogP contribution in [0.25, 0.3) is 28.0 Å². The van der Waals surface area contributed by atoms with Crippen molar-refractivity contribution in [3.05, 3.63) is 60.3 Å². The van der Waals surface area contributed by atoms with E-state index in [0.29, 0.717) is 12.0 Å². The maximum absolute atomic E-state index is 5.46. The van der Waals surface area contributed by atoms with Crippen molar-refractivity contribution >= 4 is 10.9 Å². The van der Waals surface area contributed by atoms with Crippen LogP contribution in [0.5, 0.6) is 0 Å². The van der Waals surface area contributed by atoms with Crippen molar-refractivity contribution in [2.24, 2.45) is 0 Å². The van der Waals surface area contributed by atoms with E-state index >= 15 is 0 Å². The van der Waals surface area contributed by atoms with Crippen LogP contribution in [0.2, 0.25) is 0 Å². The SMILES string of the molecule is c1ccc2c(-c3cn(-c4ccc(C5CC6CCC(C5)N6C5COC5)cc4)nn3)n[nH]c2c1. The zero-order valence-corrected chi connectivity index (χ0v) is 17.9. The third-order valence-electron chi connectivity index (χ3n) is 7.67. The number of nitrogens with zero attached hydrogens (tertiary/aromatic N) is 5. The minimum absolute atomic E-state index is 0.653. The number of aromatic nitrogens is 5. The minimum Gasteiger partial charge on any atom is -0.378 e. The predicted octanol–water partition coefficient (Wildman–Crippen LogP) is 3.92. The van der Waals surface area contributed by atoms with Crippen molar-refractivity contribution in [3.8, 4) is 17.1 Å². The van der Waals surface area contributed by atoms with Gasteiger partial charge in [0, 0.05) is 17.5 Å². The molecule has 0 saturated carbocycles. The largest absolute Gasteiger partial charge is 0.378 e. The average Bonchev–Trinajstić information content (AvgIpc) is 3.49. The number of hydrogen-bond donors (Lipinski definition) is 1. The van der Waals surface area contributed by atoms with Gasteiger partial charge >= 0.3 is 0 Å². The van der Waals surface area contributed by atoms with Crippen LogP contribution in [-0.4, -0.2) is 61.4 Å². The molecule has 0 aliphatic carbocycles. The van der Waals surface area contributed by atoms with Gasteiger partial charge in [0.25, 0.3) is 0 Å². The maximum atomic E-state index is 5.46. The molecule has 3 fully saturated rings. The molecule has 0 spiro atoms. The van der Waals surface area contributed by atoms with Crippen molar-refractivity contribution in [1.82, 2.24) is 30.1 Å². The lowest BCUT2D eigenvalue weighted by Gasteiger charge is -2.46. The number of nitrogens with one attached hydrogen (secondary N) is 1. The van der Waals surface area contributed by atoms with Crippen LogP contribution >= 0.6 is 0 Å². The summed E-state index contributed by atoms with van der Waals surface area (Å²) in [4.78, 5) is 2.78. The van der Waals surface area contributed by atoms with Crippen LogP contribution in [-0.2, 0) is 4.74 Å². The fraction of sp³-hybridized carbons (Fsp3) is 0.400. The molecule has 2 aromatic carbocycles. The standard InChI is InChI=1S/C25H26N6O/c1-2-4-23-22(3-1)25(28-26-23)24-13-30(29-27-24)18-7-5-16(6-8-18)17-11-19-9-10-20(12-17)31(19)21-14-32-15-21/h1-8,13,17,19-21H,9-12,14-15H2,(H,26,28). The van der Waals surface area contributed by atoms with Crippen LogP contribution < -0.4 is 0 Å². The van der Waals surface area contributed by atoms with E-state index in [1.54, 1.807) is 0 Å². The molecule has 3 aliphatic rings. The molecule has 5 heterocycles. The molecule has 7 rings (SSSR count). The van der Waals surface area contributed by atoms with Gasteiger partial charge in [-0.05, 0) is 55.4 Å². The number of H-pyrrole nitrogens is 1. The first kappa shape index (κ1) is 18.5. The highest BCUT2D eigenvalue weighted by Gasteiger charge is 2.45. The number of para-hydroxylation sites is 1. The van der Waals surface area contributed by atoms with Crippen molar-refractivity contribution < 1.29 is 4.74 Å². The number of hydrogen-bond acceptors (Lipinski definition) is 5. The van der Waals surface area contributed by atoms with Crippen molar-refractivity contribution in [2.45, 2.75) is 49.7 Å². The highest BCUT2D eigenvalue weighted by Crippen LogP contribution is 2.45. The molecule has 1 N–H and O–H groups in total. The Balaban J connectivity index is 1.10. The Morgan fingerprint density at radius 1 is 0.906 bits per heavy atom. The van der Waals surface area contributed by atoms with E-state index in [1.807, 2.05) is 29.1 Å². The summed E-state index contributed by atoms with van der Waals surface area (Å²) in [6, 6.07) is 19.1. The smallest absolute Gasteiger partial charge is 0.134 e. The first-order chi connectivity index (χ1) is 15.8. The monoisotopic (exact) mass is 426 g/mol. The van der Waals surface area contributed by atoms with Gasteiger partial charge in [-0.3, -0.25) is 10.00 Å². The minimum atomic E-state index is 0.653. The van der Waals surface area contributed by atoms with Gasteiger partial charge in [-0.25, -0.2) is 4.68 Å². The van der Waals surface area contributed by atoms with Crippen LogP contribution in [0.3, 0.4) is 0 Å². The second-order valence-corrected chi connectivity index (χ2v) is 9.45. The molecule has 0 radical (unpaired) electrons. The summed E-state index contributed by atoms with van der Waals surface area (Å²) in [6.45, 7) is 1.86. The van der Waals surface area contributed by atoms with Crippen LogP contribution in [0.15, 0.2) is 54.7 Å². The van der Waals surface area contributed by atoms with Crippen LogP contribution in [0.4, 0.5) is 0 Å². The molecule has 0 amide bonds. The van der Waals surface area contributed by atoms with Crippen molar-refractivity contribution in [2.75, 3.05) is 13.2 Å². The first-order valence-corrected chi connectivity index (χ1v) is 11.6. The Bertz CT molecular complexity index is 1240. The van der Waals surface area contributed by atoms with Gasteiger partial charge in [-0.1, -0.05) is 35.5 Å². The normalized spacial score (nSPS) is 25.9. The molecular formula is C25H26N6O. The molecule has 2 atom stereocenters. The van der Waals surface area contributed by atoms with Crippen molar-refractivity contribution in [1.29, 1.82) is 0 Å². The Morgan fingerprint density at radius 2 is 1.69 bits per heavy atom. The Hall–Kier alpha value is -3.03. The van der Waals surface area contributed by atoms with Crippen LogP contribution in [0.1, 0.15) is 37.2 Å². The summed E-state index contributed by atoms with van der Waals surface area (Å²) in [7, 11) is 0. The molecule has 2 aromatic heterocycles. The van der Waals surface area contributed by atoms with Gasteiger partial charge < -0.3 is 4.74 Å². The molecule has 3 saturated heterocycles. The molecule has 32 heavy (non-hydrogen) atoms. The Morgan fingerprint density at radius 3 is 2.44 bits per heavy atom. The second-order valence-electron chi connectivity index (χ2n) is 9.45. The highest BCUT2D eigenvalue weighted by molar-refractivity contribution is 5.91. The molecule has 3 aliphatic heterocycles. The van der Waals surface area contributed by atoms with Gasteiger partial charge in [0.05, 0.1) is 36.7 Å². The predicted molar refractivity (Wildman–Crippen MR) is 122 cm³/mol. The zero-order chi connectivity index (χ0) is 21.1. The fourth-order valence-corrected chi connectivity index (χ4v) is 6.03. The van der Waals surface area contributed by atoms with E-state index in [2.05, 4.69) is 55.7 Å². The summed E-state index contributed by atoms with van der Waals surface area (Å²) in [6.07, 6.45) is 7.19. The van der Waals surface area contributed by atoms with Gasteiger partial charge in [0.15, 0.2) is 0 Å². The van der Waals surface area contributed by atoms with E-state index in [1.165, 1.54) is 31.2 Å². The second kappa shape index (κ2) is 7.25. The third-order valence-corrected chi connectivity index (χ3v) is 7.67. The number of ether oxygens (including phenoxy) is 1. The van der Waals surface area contributed by atoms with Gasteiger partial charge in [-0.15, -0.1) is 5.10 Å². The quantitative estimate of drug-likeness (QED) is 0.536. The molecule has 7 nitrogen and oxygen atoms in total. The zero-order valence-electron chi connectivity index (χ0n) is 17.9. The number of aromatic amines is 1. The van der Waals surface area contributed by atoms with Gasteiger partial charge in [0.1, 0.15) is 11.4 Å². The van der Waals surface area contributed by atoms with E-state index in [0.717, 1.165) is 53.3 Å². The summed E-state index contributed by atoms with van der Waals surface area (Å²) in [5.74, 6) is 0.653. The molecule has 2 bridgehead atoms. The summed E-state index contributed by atoms with van der Waals surface area (Å²) in [5, 5.41) is 17.3. The number of benzene rings is 2. The molecule has 4 aromatic rings. The van der Waals surface area contributed by atoms with Gasteiger partial charge in [-0.2, -0.15) is 5.10 Å². The van der Waals surface area contributed by atoms with Crippen molar-refractivity contribution in [3.63, 3.8) is 0 Å². The lowest BCUT2D eigenvalue weighted by atomic mass is 9.84. The van der Waals surface area contributed by atoms with E-state index in [4.69, 9.17) is 4.74 Å². The summed E-state index contributed by atoms with van der Waals surface area (Å²) >= 11 is 0. The molecule has 2 unspecified atom stereocenters. The van der Waals surface area contributed by atoms with E-state index in [-0.39, 0.29) is 0 Å². The molecule has 7 heteroatoms. The van der Waals surface area contributed by atoms with E-state index in [9.17, 15) is 0 Å². The number of fused-ring (bicyclic) bond motifs is 3. The maximum Gasteiger partial charge on any atom is 0.134 e. The lowest BCUT2D eigenvalue weighted by Crippen LogP contribution is -2.56. The number of rotatable bonds is 4.